The number of hydrogen-bond acceptors (Lipinski definition) is 7. The summed E-state index contributed by atoms with van der Waals surface area (Å²) in [5, 5.41) is 24.7. The van der Waals surface area contributed by atoms with Crippen LogP contribution in [0.1, 0.15) is 33.7 Å². The van der Waals surface area contributed by atoms with Crippen LogP contribution in [0.3, 0.4) is 0 Å². The third-order valence-corrected chi connectivity index (χ3v) is 5.87. The van der Waals surface area contributed by atoms with Crippen molar-refractivity contribution in [1.82, 2.24) is 19.9 Å². The fourth-order valence-electron chi connectivity index (χ4n) is 3.33. The van der Waals surface area contributed by atoms with Crippen molar-refractivity contribution in [2.45, 2.75) is 26.1 Å². The molecule has 1 amide bonds. The highest BCUT2D eigenvalue weighted by atomic mass is 79.9. The first-order valence-corrected chi connectivity index (χ1v) is 11.4. The van der Waals surface area contributed by atoms with Gasteiger partial charge in [-0.05, 0) is 58.7 Å². The highest BCUT2D eigenvalue weighted by Gasteiger charge is 2.37. The summed E-state index contributed by atoms with van der Waals surface area (Å²) in [5.74, 6) is -0.446. The van der Waals surface area contributed by atoms with Gasteiger partial charge in [-0.15, -0.1) is 0 Å². The van der Waals surface area contributed by atoms with E-state index >= 15 is 0 Å². The first-order chi connectivity index (χ1) is 17.1. The standard InChI is InChI=1S/C22H15BrClF3N8O/c1-12-7-13(10-28)8-15(23)19(12)31-21(36)17-9-14(32-35(17)20-16(24)3-2-5-29-20)11-34-30-6-4-18(33-34)22(25,26)27/h2-3,5-9H,4,11H2,1H3,(H,31,36). The molecule has 0 saturated carbocycles. The molecule has 0 spiro atoms. The van der Waals surface area contributed by atoms with Gasteiger partial charge in [0.25, 0.3) is 5.91 Å². The Hall–Kier alpha value is -3.76. The molecule has 0 fully saturated rings. The van der Waals surface area contributed by atoms with Crippen LogP contribution in [0.25, 0.3) is 5.82 Å². The maximum Gasteiger partial charge on any atom is 0.431 e. The number of carbonyl (C=O) groups excluding carboxylic acids is 1. The maximum absolute atomic E-state index is 13.3. The van der Waals surface area contributed by atoms with Crippen LogP contribution >= 0.6 is 27.5 Å². The van der Waals surface area contributed by atoms with E-state index < -0.39 is 24.2 Å². The van der Waals surface area contributed by atoms with Gasteiger partial charge in [0.1, 0.15) is 18.0 Å². The average molecular weight is 580 g/mol. The van der Waals surface area contributed by atoms with Crippen LogP contribution in [-0.4, -0.2) is 43.9 Å². The van der Waals surface area contributed by atoms with Gasteiger partial charge in [-0.1, -0.05) is 11.6 Å². The number of nitrogens with zero attached hydrogens (tertiary/aromatic N) is 7. The summed E-state index contributed by atoms with van der Waals surface area (Å²) in [6.45, 7) is 1.48. The number of nitriles is 1. The highest BCUT2D eigenvalue weighted by Crippen LogP contribution is 2.29. The van der Waals surface area contributed by atoms with Gasteiger partial charge in [-0.2, -0.15) is 38.9 Å². The molecule has 3 aromatic rings. The van der Waals surface area contributed by atoms with Crippen molar-refractivity contribution >= 4 is 51.1 Å². The van der Waals surface area contributed by atoms with Gasteiger partial charge >= 0.3 is 6.18 Å². The summed E-state index contributed by atoms with van der Waals surface area (Å²) < 4.78 is 40.9. The Kier molecular flexibility index (Phi) is 7.09. The van der Waals surface area contributed by atoms with Crippen molar-refractivity contribution in [3.05, 3.63) is 68.5 Å². The minimum atomic E-state index is -4.59. The molecule has 0 saturated heterocycles. The second-order valence-corrected chi connectivity index (χ2v) is 8.80. The highest BCUT2D eigenvalue weighted by molar-refractivity contribution is 9.10. The molecule has 1 aromatic carbocycles. The van der Waals surface area contributed by atoms with E-state index in [-0.39, 0.29) is 28.8 Å². The molecule has 0 unspecified atom stereocenters. The van der Waals surface area contributed by atoms with Gasteiger partial charge in [-0.25, -0.2) is 9.67 Å². The second-order valence-electron chi connectivity index (χ2n) is 7.53. The number of rotatable bonds is 5. The molecule has 0 bridgehead atoms. The molecule has 36 heavy (non-hydrogen) atoms. The van der Waals surface area contributed by atoms with E-state index in [4.69, 9.17) is 16.9 Å². The van der Waals surface area contributed by atoms with E-state index in [2.05, 4.69) is 41.5 Å². The predicted octanol–water partition coefficient (Wildman–Crippen LogP) is 5.23. The summed E-state index contributed by atoms with van der Waals surface area (Å²) in [6, 6.07) is 9.76. The smallest absolute Gasteiger partial charge is 0.319 e. The second kappa shape index (κ2) is 10.1. The number of aryl methyl sites for hydroxylation is 1. The van der Waals surface area contributed by atoms with E-state index in [0.29, 0.717) is 21.3 Å². The summed E-state index contributed by atoms with van der Waals surface area (Å²) >= 11 is 9.63. The fourth-order valence-corrected chi connectivity index (χ4v) is 4.19. The predicted molar refractivity (Wildman–Crippen MR) is 130 cm³/mol. The number of halogens is 5. The van der Waals surface area contributed by atoms with Crippen molar-refractivity contribution in [3.8, 4) is 11.9 Å². The van der Waals surface area contributed by atoms with Crippen molar-refractivity contribution in [2.24, 2.45) is 10.2 Å². The van der Waals surface area contributed by atoms with Crippen molar-refractivity contribution in [1.29, 1.82) is 5.26 Å². The normalized spacial score (nSPS) is 13.4. The molecule has 0 atom stereocenters. The lowest BCUT2D eigenvalue weighted by atomic mass is 10.1. The molecule has 0 radical (unpaired) electrons. The lowest BCUT2D eigenvalue weighted by Crippen LogP contribution is -2.29. The molecule has 0 aliphatic carbocycles. The van der Waals surface area contributed by atoms with Crippen LogP contribution in [0.2, 0.25) is 5.02 Å². The van der Waals surface area contributed by atoms with Crippen LogP contribution in [0.5, 0.6) is 0 Å². The third kappa shape index (κ3) is 5.39. The topological polar surface area (TPSA) is 112 Å². The molecule has 3 heterocycles. The maximum atomic E-state index is 13.3. The minimum Gasteiger partial charge on any atom is -0.319 e. The Morgan fingerprint density at radius 2 is 2.11 bits per heavy atom. The monoisotopic (exact) mass is 578 g/mol. The number of hydrogen-bond donors (Lipinski definition) is 1. The van der Waals surface area contributed by atoms with Crippen molar-refractivity contribution in [2.75, 3.05) is 5.32 Å². The number of nitrogens with one attached hydrogen (secondary N) is 1. The van der Waals surface area contributed by atoms with Crippen LogP contribution in [0.4, 0.5) is 18.9 Å². The quantitative estimate of drug-likeness (QED) is 0.445. The van der Waals surface area contributed by atoms with Gasteiger partial charge in [0, 0.05) is 23.3 Å². The zero-order chi connectivity index (χ0) is 26.0. The molecule has 14 heteroatoms. The van der Waals surface area contributed by atoms with E-state index in [1.54, 1.807) is 31.2 Å². The lowest BCUT2D eigenvalue weighted by molar-refractivity contribution is -0.0617. The third-order valence-electron chi connectivity index (χ3n) is 4.95. The van der Waals surface area contributed by atoms with E-state index in [1.165, 1.54) is 16.9 Å². The molecular weight excluding hydrogens is 565 g/mol. The zero-order valence-electron chi connectivity index (χ0n) is 18.4. The van der Waals surface area contributed by atoms with E-state index in [1.807, 2.05) is 6.07 Å². The van der Waals surface area contributed by atoms with Gasteiger partial charge in [0.2, 0.25) is 0 Å². The first kappa shape index (κ1) is 25.3. The molecule has 1 aliphatic heterocycles. The Labute approximate surface area is 216 Å². The molecule has 1 aliphatic rings. The van der Waals surface area contributed by atoms with E-state index in [0.717, 1.165) is 11.3 Å². The number of carbonyl (C=O) groups is 1. The zero-order valence-corrected chi connectivity index (χ0v) is 20.7. The molecule has 9 nitrogen and oxygen atoms in total. The van der Waals surface area contributed by atoms with Crippen LogP contribution in [0.15, 0.2) is 51.2 Å². The SMILES string of the molecule is Cc1cc(C#N)cc(Br)c1NC(=O)c1cc(CN2N=CCC(C(F)(F)F)=N2)nn1-c1ncccc1Cl. The minimum absolute atomic E-state index is 0.0160. The van der Waals surface area contributed by atoms with Gasteiger partial charge < -0.3 is 5.32 Å². The molecule has 1 N–H and O–H groups in total. The number of anilines is 1. The van der Waals surface area contributed by atoms with Crippen LogP contribution in [0, 0.1) is 18.3 Å². The molecule has 2 aromatic heterocycles. The largest absolute Gasteiger partial charge is 0.431 e. The molecular formula is C22H15BrClF3N8O. The average Bonchev–Trinajstić information content (AvgIpc) is 3.24. The Morgan fingerprint density at radius 1 is 1.33 bits per heavy atom. The number of pyridine rings is 1. The fraction of sp³-hybridized carbons (Fsp3) is 0.182. The van der Waals surface area contributed by atoms with Crippen molar-refractivity contribution < 1.29 is 18.0 Å². The number of hydrazone groups is 2. The summed E-state index contributed by atoms with van der Waals surface area (Å²) in [5.41, 5.74) is 0.687. The molecule has 4 rings (SSSR count). The summed E-state index contributed by atoms with van der Waals surface area (Å²) in [7, 11) is 0. The summed E-state index contributed by atoms with van der Waals surface area (Å²) in [6.07, 6.45) is -2.48. The number of aromatic nitrogens is 3. The van der Waals surface area contributed by atoms with E-state index in [9.17, 15) is 18.0 Å². The Balaban J connectivity index is 1.71. The van der Waals surface area contributed by atoms with Gasteiger partial charge in [0.05, 0.1) is 28.0 Å². The van der Waals surface area contributed by atoms with Gasteiger partial charge in [-0.3, -0.25) is 4.79 Å². The first-order valence-electron chi connectivity index (χ1n) is 10.2. The van der Waals surface area contributed by atoms with Crippen molar-refractivity contribution in [3.63, 3.8) is 0 Å². The number of benzene rings is 1. The van der Waals surface area contributed by atoms with Crippen LogP contribution < -0.4 is 5.32 Å². The number of amides is 1. The number of alkyl halides is 3. The molecule has 184 valence electrons. The Morgan fingerprint density at radius 3 is 2.78 bits per heavy atom. The van der Waals surface area contributed by atoms with Crippen LogP contribution in [-0.2, 0) is 6.54 Å². The lowest BCUT2D eigenvalue weighted by Gasteiger charge is -2.19. The Bertz CT molecular complexity index is 1420. The van der Waals surface area contributed by atoms with Gasteiger partial charge in [0.15, 0.2) is 5.82 Å². The summed E-state index contributed by atoms with van der Waals surface area (Å²) in [4.78, 5) is 17.5.